The van der Waals surface area contributed by atoms with Crippen molar-refractivity contribution in [3.63, 3.8) is 0 Å². The van der Waals surface area contributed by atoms with Crippen molar-refractivity contribution >= 4 is 20.8 Å². The maximum absolute atomic E-state index is 14.3. The number of rotatable bonds is 5. The maximum atomic E-state index is 14.3. The van der Waals surface area contributed by atoms with Crippen LogP contribution in [-0.4, -0.2) is 29.6 Å². The first-order valence-corrected chi connectivity index (χ1v) is 9.07. The third kappa shape index (κ3) is 2.66. The monoisotopic (exact) mass is 285 g/mol. The van der Waals surface area contributed by atoms with Crippen molar-refractivity contribution in [3.05, 3.63) is 18.2 Å². The Labute approximate surface area is 116 Å². The zero-order valence-electron chi connectivity index (χ0n) is 12.7. The molecule has 0 aromatic carbocycles. The van der Waals surface area contributed by atoms with E-state index in [1.165, 1.54) is 6.07 Å². The van der Waals surface area contributed by atoms with Gasteiger partial charge in [-0.2, -0.15) is 4.39 Å². The molecule has 3 nitrogen and oxygen atoms in total. The molecular weight excluding hydrogens is 260 g/mol. The predicted molar refractivity (Wildman–Crippen MR) is 80.7 cm³/mol. The first kappa shape index (κ1) is 16.5. The molecule has 1 heterocycles. The minimum absolute atomic E-state index is 0.233. The summed E-state index contributed by atoms with van der Waals surface area (Å²) in [4.78, 5) is 0. The fourth-order valence-electron chi connectivity index (χ4n) is 3.73. The van der Waals surface area contributed by atoms with E-state index in [4.69, 9.17) is 0 Å². The fraction of sp³-hybridized carbons (Fsp3) is 0.692. The van der Waals surface area contributed by atoms with Crippen LogP contribution in [0.15, 0.2) is 12.3 Å². The lowest BCUT2D eigenvalue weighted by Gasteiger charge is -2.44. The molecule has 1 rings (SSSR count). The standard InChI is InChI=1S/C13H25BFNO2Si/c1-9(2)19(10(3)4,11(5)6)16-8-12(14(17)18)7-13(16)15/h7-11,17-18H,1-6H3. The van der Waals surface area contributed by atoms with Crippen molar-refractivity contribution in [2.24, 2.45) is 0 Å². The fourth-order valence-corrected chi connectivity index (χ4v) is 10.2. The molecule has 0 unspecified atom stereocenters. The Hall–Kier alpha value is -0.588. The average Bonchev–Trinajstić information content (AvgIpc) is 2.60. The number of nitrogens with zero attached hydrogens (tertiary/aromatic N) is 1. The van der Waals surface area contributed by atoms with Crippen molar-refractivity contribution < 1.29 is 14.4 Å². The molecule has 0 aliphatic heterocycles. The number of hydrogen-bond donors (Lipinski definition) is 2. The van der Waals surface area contributed by atoms with Gasteiger partial charge in [0, 0.05) is 5.46 Å². The Morgan fingerprint density at radius 2 is 1.47 bits per heavy atom. The van der Waals surface area contributed by atoms with E-state index >= 15 is 0 Å². The van der Waals surface area contributed by atoms with Gasteiger partial charge >= 0.3 is 7.12 Å². The zero-order valence-corrected chi connectivity index (χ0v) is 13.7. The molecular formula is C13H25BFNO2Si. The topological polar surface area (TPSA) is 45.4 Å². The molecule has 0 atom stereocenters. The second-order valence-corrected chi connectivity index (χ2v) is 11.9. The molecule has 0 amide bonds. The van der Waals surface area contributed by atoms with Crippen LogP contribution in [-0.2, 0) is 0 Å². The van der Waals surface area contributed by atoms with Crippen molar-refractivity contribution in [1.29, 1.82) is 0 Å². The lowest BCUT2D eigenvalue weighted by Crippen LogP contribution is -2.52. The Morgan fingerprint density at radius 1 is 1.05 bits per heavy atom. The van der Waals surface area contributed by atoms with Gasteiger partial charge in [0.05, 0.1) is 0 Å². The van der Waals surface area contributed by atoms with E-state index in [1.54, 1.807) is 10.4 Å². The summed E-state index contributed by atoms with van der Waals surface area (Å²) in [5, 5.41) is 18.5. The molecule has 6 heteroatoms. The van der Waals surface area contributed by atoms with Gasteiger partial charge in [-0.15, -0.1) is 0 Å². The van der Waals surface area contributed by atoms with E-state index < -0.39 is 15.4 Å². The highest BCUT2D eigenvalue weighted by Crippen LogP contribution is 2.42. The van der Waals surface area contributed by atoms with Gasteiger partial charge in [0.1, 0.15) is 0 Å². The smallest absolute Gasteiger partial charge is 0.423 e. The van der Waals surface area contributed by atoms with Crippen LogP contribution in [0.2, 0.25) is 16.6 Å². The molecule has 1 aromatic heterocycles. The van der Waals surface area contributed by atoms with Gasteiger partial charge in [-0.05, 0) is 28.9 Å². The number of aromatic nitrogens is 1. The number of halogens is 1. The molecule has 108 valence electrons. The third-order valence-corrected chi connectivity index (χ3v) is 11.0. The van der Waals surface area contributed by atoms with Crippen LogP contribution in [0, 0.1) is 5.95 Å². The molecule has 1 aromatic rings. The molecule has 0 radical (unpaired) electrons. The van der Waals surface area contributed by atoms with E-state index in [-0.39, 0.29) is 11.4 Å². The van der Waals surface area contributed by atoms with Crippen molar-refractivity contribution in [1.82, 2.24) is 4.23 Å². The Kier molecular flexibility index (Phi) is 5.03. The molecule has 0 bridgehead atoms. The van der Waals surface area contributed by atoms with Gasteiger partial charge in [0.15, 0.2) is 14.2 Å². The molecule has 0 aliphatic carbocycles. The van der Waals surface area contributed by atoms with Gasteiger partial charge in [-0.1, -0.05) is 41.5 Å². The molecule has 0 aliphatic rings. The second-order valence-electron chi connectivity index (χ2n) is 6.19. The molecule has 2 N–H and O–H groups in total. The Bertz CT molecular complexity index is 411. The van der Waals surface area contributed by atoms with E-state index in [0.717, 1.165) is 0 Å². The van der Waals surface area contributed by atoms with Gasteiger partial charge < -0.3 is 14.3 Å². The third-order valence-electron chi connectivity index (χ3n) is 4.28. The molecule has 0 saturated carbocycles. The van der Waals surface area contributed by atoms with Crippen molar-refractivity contribution in [2.75, 3.05) is 0 Å². The van der Waals surface area contributed by atoms with Crippen LogP contribution in [0.4, 0.5) is 4.39 Å². The molecule has 0 fully saturated rings. The van der Waals surface area contributed by atoms with Crippen LogP contribution in [0.5, 0.6) is 0 Å². The van der Waals surface area contributed by atoms with Crippen LogP contribution >= 0.6 is 0 Å². The summed E-state index contributed by atoms with van der Waals surface area (Å²) in [6, 6.07) is 1.24. The minimum Gasteiger partial charge on any atom is -0.423 e. The van der Waals surface area contributed by atoms with Crippen molar-refractivity contribution in [2.45, 2.75) is 58.2 Å². The lowest BCUT2D eigenvalue weighted by atomic mass is 9.83. The first-order chi connectivity index (χ1) is 8.65. The highest BCUT2D eigenvalue weighted by atomic mass is 28.3. The van der Waals surface area contributed by atoms with Gasteiger partial charge in [-0.25, -0.2) is 0 Å². The molecule has 0 saturated heterocycles. The van der Waals surface area contributed by atoms with E-state index in [2.05, 4.69) is 41.5 Å². The summed E-state index contributed by atoms with van der Waals surface area (Å²) in [5.74, 6) is -0.356. The predicted octanol–water partition coefficient (Wildman–Crippen LogP) is 2.33. The first-order valence-electron chi connectivity index (χ1n) is 6.90. The Morgan fingerprint density at radius 3 is 1.74 bits per heavy atom. The number of hydrogen-bond acceptors (Lipinski definition) is 2. The van der Waals surface area contributed by atoms with Crippen molar-refractivity contribution in [3.8, 4) is 0 Å². The maximum Gasteiger partial charge on any atom is 0.490 e. The van der Waals surface area contributed by atoms with Crippen LogP contribution < -0.4 is 5.46 Å². The van der Waals surface area contributed by atoms with E-state index in [1.807, 2.05) is 0 Å². The van der Waals surface area contributed by atoms with Crippen LogP contribution in [0.3, 0.4) is 0 Å². The molecule has 0 spiro atoms. The summed E-state index contributed by atoms with van der Waals surface area (Å²) in [6.45, 7) is 12.8. The summed E-state index contributed by atoms with van der Waals surface area (Å²) >= 11 is 0. The summed E-state index contributed by atoms with van der Waals surface area (Å²) in [7, 11) is -3.77. The summed E-state index contributed by atoms with van der Waals surface area (Å²) in [5.41, 5.74) is 1.31. The average molecular weight is 285 g/mol. The van der Waals surface area contributed by atoms with E-state index in [0.29, 0.717) is 16.6 Å². The summed E-state index contributed by atoms with van der Waals surface area (Å²) in [6.07, 6.45) is 1.59. The van der Waals surface area contributed by atoms with Gasteiger partial charge in [0.25, 0.3) is 0 Å². The minimum atomic E-state index is -2.15. The summed E-state index contributed by atoms with van der Waals surface area (Å²) < 4.78 is 16.0. The highest BCUT2D eigenvalue weighted by Gasteiger charge is 2.46. The normalized spacial score (nSPS) is 12.8. The Balaban J connectivity index is 3.49. The highest BCUT2D eigenvalue weighted by molar-refractivity contribution is 6.82. The van der Waals surface area contributed by atoms with E-state index in [9.17, 15) is 14.4 Å². The lowest BCUT2D eigenvalue weighted by molar-refractivity contribution is 0.425. The van der Waals surface area contributed by atoms with Crippen LogP contribution in [0.25, 0.3) is 0 Å². The largest absolute Gasteiger partial charge is 0.490 e. The molecule has 19 heavy (non-hydrogen) atoms. The SMILES string of the molecule is CC(C)[Si](C(C)C)(C(C)C)n1cc(B(O)O)cc1F. The zero-order chi connectivity index (χ0) is 15.0. The quantitative estimate of drug-likeness (QED) is 0.816. The van der Waals surface area contributed by atoms with Crippen LogP contribution in [0.1, 0.15) is 41.5 Å². The van der Waals surface area contributed by atoms with Gasteiger partial charge in [0.2, 0.25) is 0 Å². The van der Waals surface area contributed by atoms with Gasteiger partial charge in [-0.3, -0.25) is 0 Å². The second kappa shape index (κ2) is 5.81.